The van der Waals surface area contributed by atoms with Crippen LogP contribution in [0.2, 0.25) is 0 Å². The van der Waals surface area contributed by atoms with Crippen LogP contribution in [-0.2, 0) is 6.42 Å². The quantitative estimate of drug-likeness (QED) is 0.823. The predicted octanol–water partition coefficient (Wildman–Crippen LogP) is 1.43. The second-order valence-electron chi connectivity index (χ2n) is 3.94. The number of hydrogen-bond donors (Lipinski definition) is 2. The number of aromatic nitrogens is 1. The molecular weight excluding hydrogens is 319 g/mol. The van der Waals surface area contributed by atoms with Crippen LogP contribution in [0.4, 0.5) is 0 Å². The largest absolute Gasteiger partial charge is 0.349 e. The van der Waals surface area contributed by atoms with E-state index in [4.69, 9.17) is 0 Å². The number of aryl methyl sites for hydroxylation is 1. The first-order chi connectivity index (χ1) is 7.61. The Morgan fingerprint density at radius 1 is 1.62 bits per heavy atom. The number of hydrogen-bond acceptors (Lipinski definition) is 2. The number of carbonyl (C=O) groups is 1. The molecule has 1 heterocycles. The van der Waals surface area contributed by atoms with Crippen molar-refractivity contribution in [2.75, 3.05) is 0 Å². The first-order valence-electron chi connectivity index (χ1n) is 5.34. The topological polar surface area (TPSA) is 62.0 Å². The molecule has 1 aliphatic carbocycles. The number of nitrogens with one attached hydrogen (secondary N) is 2. The van der Waals surface area contributed by atoms with Gasteiger partial charge in [0.25, 0.3) is 11.5 Å². The Balaban J connectivity index is 2.29. The van der Waals surface area contributed by atoms with Gasteiger partial charge in [0.05, 0.1) is 0 Å². The maximum atomic E-state index is 11.7. The fourth-order valence-electron chi connectivity index (χ4n) is 1.46. The zero-order valence-corrected chi connectivity index (χ0v) is 11.1. The fourth-order valence-corrected chi connectivity index (χ4v) is 2.29. The summed E-state index contributed by atoms with van der Waals surface area (Å²) < 4.78 is 0.931. The van der Waals surface area contributed by atoms with Crippen molar-refractivity contribution in [3.63, 3.8) is 0 Å². The van der Waals surface area contributed by atoms with E-state index in [0.717, 1.165) is 28.5 Å². The Hall–Kier alpha value is -0.850. The Kier molecular flexibility index (Phi) is 3.32. The van der Waals surface area contributed by atoms with Crippen molar-refractivity contribution in [1.82, 2.24) is 10.3 Å². The molecule has 0 atom stereocenters. The third-order valence-corrected chi connectivity index (χ3v) is 3.54. The molecule has 1 saturated carbocycles. The summed E-state index contributed by atoms with van der Waals surface area (Å²) in [4.78, 5) is 26.2. The number of H-pyrrole nitrogens is 1. The van der Waals surface area contributed by atoms with Gasteiger partial charge < -0.3 is 10.3 Å². The lowest BCUT2D eigenvalue weighted by molar-refractivity contribution is 0.0949. The predicted molar refractivity (Wildman–Crippen MR) is 69.6 cm³/mol. The lowest BCUT2D eigenvalue weighted by Crippen LogP contribution is -2.31. The van der Waals surface area contributed by atoms with E-state index in [-0.39, 0.29) is 23.1 Å². The van der Waals surface area contributed by atoms with Gasteiger partial charge in [0.1, 0.15) is 5.56 Å². The average molecular weight is 332 g/mol. The summed E-state index contributed by atoms with van der Waals surface area (Å²) in [6.45, 7) is 1.97. The van der Waals surface area contributed by atoms with Crippen molar-refractivity contribution in [3.8, 4) is 0 Å². The maximum absolute atomic E-state index is 11.7. The summed E-state index contributed by atoms with van der Waals surface area (Å²) in [6.07, 6.45) is 2.81. The summed E-state index contributed by atoms with van der Waals surface area (Å²) in [5.74, 6) is -0.260. The molecule has 5 heteroatoms. The first-order valence-corrected chi connectivity index (χ1v) is 6.42. The zero-order chi connectivity index (χ0) is 11.7. The summed E-state index contributed by atoms with van der Waals surface area (Å²) >= 11 is 2.14. The maximum Gasteiger partial charge on any atom is 0.261 e. The van der Waals surface area contributed by atoms with Crippen molar-refractivity contribution in [1.29, 1.82) is 0 Å². The molecule has 0 spiro atoms. The summed E-state index contributed by atoms with van der Waals surface area (Å²) in [7, 11) is 0. The van der Waals surface area contributed by atoms with Crippen molar-refractivity contribution < 1.29 is 4.79 Å². The third kappa shape index (κ3) is 2.45. The second kappa shape index (κ2) is 4.57. The summed E-state index contributed by atoms with van der Waals surface area (Å²) in [6, 6.07) is 1.94. The molecule has 0 radical (unpaired) electrons. The van der Waals surface area contributed by atoms with E-state index in [2.05, 4.69) is 32.9 Å². The van der Waals surface area contributed by atoms with Crippen LogP contribution in [0.15, 0.2) is 10.9 Å². The minimum Gasteiger partial charge on any atom is -0.349 e. The molecule has 1 fully saturated rings. The van der Waals surface area contributed by atoms with Gasteiger partial charge in [-0.15, -0.1) is 0 Å². The van der Waals surface area contributed by atoms with Gasteiger partial charge in [-0.05, 0) is 47.9 Å². The Morgan fingerprint density at radius 2 is 2.31 bits per heavy atom. The molecular formula is C11H13IN2O2. The Morgan fingerprint density at radius 3 is 2.88 bits per heavy atom. The fraction of sp³-hybridized carbons (Fsp3) is 0.455. The molecule has 1 aromatic rings. The van der Waals surface area contributed by atoms with E-state index in [1.165, 1.54) is 0 Å². The van der Waals surface area contributed by atoms with Crippen LogP contribution < -0.4 is 10.9 Å². The number of carbonyl (C=O) groups excluding carboxylic acids is 1. The monoisotopic (exact) mass is 332 g/mol. The summed E-state index contributed by atoms with van der Waals surface area (Å²) in [5.41, 5.74) is 0.803. The van der Waals surface area contributed by atoms with Crippen LogP contribution >= 0.6 is 22.6 Å². The van der Waals surface area contributed by atoms with E-state index >= 15 is 0 Å². The lowest BCUT2D eigenvalue weighted by atomic mass is 10.2. The second-order valence-corrected chi connectivity index (χ2v) is 5.10. The van der Waals surface area contributed by atoms with E-state index in [1.807, 2.05) is 6.92 Å². The van der Waals surface area contributed by atoms with Crippen LogP contribution in [0.1, 0.15) is 35.8 Å². The number of halogens is 1. The Labute approximate surface area is 107 Å². The molecule has 0 bridgehead atoms. The van der Waals surface area contributed by atoms with Gasteiger partial charge in [-0.2, -0.15) is 0 Å². The molecule has 1 amide bonds. The molecule has 0 saturated heterocycles. The average Bonchev–Trinajstić information content (AvgIpc) is 3.04. The molecule has 4 nitrogen and oxygen atoms in total. The van der Waals surface area contributed by atoms with Crippen LogP contribution in [0.5, 0.6) is 0 Å². The number of aromatic amines is 1. The highest BCUT2D eigenvalue weighted by Crippen LogP contribution is 2.19. The normalized spacial score (nSPS) is 14.9. The van der Waals surface area contributed by atoms with Crippen molar-refractivity contribution in [2.24, 2.45) is 0 Å². The minimum atomic E-state index is -0.296. The molecule has 0 aromatic carbocycles. The zero-order valence-electron chi connectivity index (χ0n) is 8.97. The molecule has 2 rings (SSSR count). The molecule has 86 valence electrons. The van der Waals surface area contributed by atoms with Gasteiger partial charge in [-0.1, -0.05) is 6.92 Å². The molecule has 16 heavy (non-hydrogen) atoms. The first kappa shape index (κ1) is 11.6. The van der Waals surface area contributed by atoms with E-state index in [9.17, 15) is 9.59 Å². The standard InChI is InChI=1S/C11H13IN2O2/c1-2-9-8(12)5-7(11(16)14-9)10(15)13-6-3-4-6/h5-6H,2-4H2,1H3,(H,13,15)(H,14,16). The van der Waals surface area contributed by atoms with E-state index in [0.29, 0.717) is 0 Å². The molecule has 1 aliphatic rings. The molecule has 0 unspecified atom stereocenters. The van der Waals surface area contributed by atoms with E-state index < -0.39 is 0 Å². The summed E-state index contributed by atoms with van der Waals surface area (Å²) in [5, 5.41) is 2.81. The van der Waals surface area contributed by atoms with Gasteiger partial charge in [-0.25, -0.2) is 0 Å². The van der Waals surface area contributed by atoms with Crippen LogP contribution in [-0.4, -0.2) is 16.9 Å². The SMILES string of the molecule is CCc1[nH]c(=O)c(C(=O)NC2CC2)cc1I. The van der Waals surface area contributed by atoms with Gasteiger partial charge >= 0.3 is 0 Å². The molecule has 0 aliphatic heterocycles. The minimum absolute atomic E-state index is 0.216. The lowest BCUT2D eigenvalue weighted by Gasteiger charge is -2.05. The van der Waals surface area contributed by atoms with Crippen molar-refractivity contribution in [3.05, 3.63) is 31.2 Å². The van der Waals surface area contributed by atoms with Crippen molar-refractivity contribution >= 4 is 28.5 Å². The smallest absolute Gasteiger partial charge is 0.261 e. The third-order valence-electron chi connectivity index (χ3n) is 2.58. The highest BCUT2D eigenvalue weighted by molar-refractivity contribution is 14.1. The van der Waals surface area contributed by atoms with Crippen LogP contribution in [0.25, 0.3) is 0 Å². The van der Waals surface area contributed by atoms with Crippen molar-refractivity contribution in [2.45, 2.75) is 32.2 Å². The highest BCUT2D eigenvalue weighted by Gasteiger charge is 2.25. The van der Waals surface area contributed by atoms with Crippen LogP contribution in [0, 0.1) is 3.57 Å². The van der Waals surface area contributed by atoms with E-state index in [1.54, 1.807) is 6.07 Å². The Bertz CT molecular complexity index is 477. The van der Waals surface area contributed by atoms with Gasteiger partial charge in [-0.3, -0.25) is 9.59 Å². The molecule has 2 N–H and O–H groups in total. The number of pyridine rings is 1. The van der Waals surface area contributed by atoms with Gasteiger partial charge in [0.15, 0.2) is 0 Å². The van der Waals surface area contributed by atoms with Gasteiger partial charge in [0, 0.05) is 15.3 Å². The molecule has 1 aromatic heterocycles. The number of rotatable bonds is 3. The van der Waals surface area contributed by atoms with Gasteiger partial charge in [0.2, 0.25) is 0 Å². The van der Waals surface area contributed by atoms with Crippen LogP contribution in [0.3, 0.4) is 0 Å². The highest BCUT2D eigenvalue weighted by atomic mass is 127. The number of amides is 1.